The van der Waals surface area contributed by atoms with E-state index in [1.807, 2.05) is 0 Å². The Morgan fingerprint density at radius 2 is 2.05 bits per heavy atom. The maximum absolute atomic E-state index is 11.9. The van der Waals surface area contributed by atoms with Gasteiger partial charge in [-0.05, 0) is 42.1 Å². The average molecular weight is 361 g/mol. The van der Waals surface area contributed by atoms with E-state index in [9.17, 15) is 14.7 Å². The number of carboxylic acid groups (broad SMARTS) is 1. The Hall–Kier alpha value is -0.414. The van der Waals surface area contributed by atoms with E-state index in [-0.39, 0.29) is 73.6 Å². The third kappa shape index (κ3) is 6.00. The van der Waals surface area contributed by atoms with Crippen LogP contribution in [0.4, 0.5) is 5.69 Å². The Morgan fingerprint density at radius 3 is 2.73 bits per heavy atom. The van der Waals surface area contributed by atoms with Gasteiger partial charge in [0, 0.05) is 22.5 Å². The van der Waals surface area contributed by atoms with Crippen molar-refractivity contribution in [2.24, 2.45) is 0 Å². The summed E-state index contributed by atoms with van der Waals surface area (Å²) >= 11 is 6.59. The first kappa shape index (κ1) is 19.6. The number of carbonyl (C=O) groups excluding carboxylic acids is 2. The molecule has 0 radical (unpaired) electrons. The van der Waals surface area contributed by atoms with Gasteiger partial charge < -0.3 is 15.2 Å². The second kappa shape index (κ2) is 9.66. The predicted octanol–water partition coefficient (Wildman–Crippen LogP) is -1.17. The van der Waals surface area contributed by atoms with E-state index in [2.05, 4.69) is 10.3 Å². The Bertz CT molecular complexity index is 685. The van der Waals surface area contributed by atoms with Gasteiger partial charge in [0.25, 0.3) is 0 Å². The minimum absolute atomic E-state index is 0. The minimum atomic E-state index is -1.36. The molecular formula is C14H10ClKN2O3S. The van der Waals surface area contributed by atoms with Crippen LogP contribution in [-0.4, -0.2) is 22.6 Å². The van der Waals surface area contributed by atoms with Gasteiger partial charge in [0.15, 0.2) is 0 Å². The van der Waals surface area contributed by atoms with Gasteiger partial charge in [0.05, 0.1) is 12.5 Å². The van der Waals surface area contributed by atoms with Crippen LogP contribution >= 0.6 is 23.4 Å². The van der Waals surface area contributed by atoms with Gasteiger partial charge in [-0.2, -0.15) is 0 Å². The number of aromatic nitrogens is 1. The summed E-state index contributed by atoms with van der Waals surface area (Å²) in [5, 5.41) is 14.2. The second-order valence-corrected chi connectivity index (χ2v) is 5.46. The molecule has 108 valence electrons. The molecule has 0 spiro atoms. The van der Waals surface area contributed by atoms with E-state index in [1.165, 1.54) is 18.3 Å². The summed E-state index contributed by atoms with van der Waals surface area (Å²) in [4.78, 5) is 26.7. The van der Waals surface area contributed by atoms with Crippen molar-refractivity contribution in [3.05, 3.63) is 53.2 Å². The number of rotatable bonds is 5. The number of anilines is 1. The summed E-state index contributed by atoms with van der Waals surface area (Å²) in [5.74, 6) is -1.36. The van der Waals surface area contributed by atoms with Crippen molar-refractivity contribution in [2.45, 2.75) is 5.03 Å². The number of hydrogen-bond acceptors (Lipinski definition) is 6. The normalized spacial score (nSPS) is 9.68. The van der Waals surface area contributed by atoms with Crippen molar-refractivity contribution in [3.8, 4) is 0 Å². The molecule has 1 N–H and O–H groups in total. The van der Waals surface area contributed by atoms with Crippen molar-refractivity contribution >= 4 is 40.1 Å². The number of pyridine rings is 1. The van der Waals surface area contributed by atoms with Crippen LogP contribution in [-0.2, 0) is 4.79 Å². The fourth-order valence-corrected chi connectivity index (χ4v) is 2.47. The molecule has 1 aromatic heterocycles. The van der Waals surface area contributed by atoms with Crippen LogP contribution < -0.4 is 61.8 Å². The fraction of sp³-hybridized carbons (Fsp3) is 0.0714. The molecule has 0 aliphatic heterocycles. The molecule has 0 saturated heterocycles. The number of nitrogens with zero attached hydrogens (tertiary/aromatic N) is 1. The molecule has 0 aliphatic carbocycles. The zero-order chi connectivity index (χ0) is 15.2. The van der Waals surface area contributed by atoms with E-state index < -0.39 is 5.97 Å². The molecule has 0 amide bonds. The number of halogens is 1. The maximum Gasteiger partial charge on any atom is 1.00 e. The van der Waals surface area contributed by atoms with Gasteiger partial charge >= 0.3 is 51.4 Å². The van der Waals surface area contributed by atoms with Gasteiger partial charge in [-0.3, -0.25) is 4.79 Å². The van der Waals surface area contributed by atoms with Crippen LogP contribution in [0.15, 0.2) is 47.6 Å². The van der Waals surface area contributed by atoms with Crippen molar-refractivity contribution in [1.29, 1.82) is 0 Å². The first-order valence-electron chi connectivity index (χ1n) is 5.93. The Morgan fingerprint density at radius 1 is 1.27 bits per heavy atom. The van der Waals surface area contributed by atoms with Crippen LogP contribution in [0.2, 0.25) is 5.02 Å². The molecule has 0 fully saturated rings. The first-order chi connectivity index (χ1) is 10.1. The molecule has 0 saturated carbocycles. The molecule has 22 heavy (non-hydrogen) atoms. The average Bonchev–Trinajstić information content (AvgIpc) is 2.45. The van der Waals surface area contributed by atoms with Crippen molar-refractivity contribution in [1.82, 2.24) is 4.98 Å². The number of thioether (sulfide) groups is 1. The van der Waals surface area contributed by atoms with Crippen molar-refractivity contribution in [2.75, 3.05) is 11.9 Å². The molecular weight excluding hydrogens is 351 g/mol. The van der Waals surface area contributed by atoms with Crippen LogP contribution in [0.1, 0.15) is 10.4 Å². The molecule has 5 nitrogen and oxygen atoms in total. The SMILES string of the molecule is O=C(CNc1cccc(Cl)c1)Sc1ncccc1C(=O)[O-].[K+]. The monoisotopic (exact) mass is 360 g/mol. The summed E-state index contributed by atoms with van der Waals surface area (Å²) < 4.78 is 0. The maximum atomic E-state index is 11.9. The number of nitrogens with one attached hydrogen (secondary N) is 1. The van der Waals surface area contributed by atoms with E-state index in [0.717, 1.165) is 11.8 Å². The van der Waals surface area contributed by atoms with Crippen LogP contribution in [0.25, 0.3) is 0 Å². The van der Waals surface area contributed by atoms with Gasteiger partial charge in [-0.15, -0.1) is 0 Å². The van der Waals surface area contributed by atoms with Gasteiger partial charge in [0.1, 0.15) is 5.03 Å². The number of benzene rings is 1. The molecule has 0 unspecified atom stereocenters. The van der Waals surface area contributed by atoms with Gasteiger partial charge in [-0.1, -0.05) is 17.7 Å². The Labute approximate surface area is 179 Å². The molecule has 2 rings (SSSR count). The summed E-state index contributed by atoms with van der Waals surface area (Å²) in [5.41, 5.74) is 0.608. The molecule has 0 atom stereocenters. The van der Waals surface area contributed by atoms with Gasteiger partial charge in [0.2, 0.25) is 5.12 Å². The molecule has 1 aromatic carbocycles. The zero-order valence-electron chi connectivity index (χ0n) is 11.7. The fourth-order valence-electron chi connectivity index (χ4n) is 1.54. The third-order valence-electron chi connectivity index (χ3n) is 2.46. The van der Waals surface area contributed by atoms with E-state index in [4.69, 9.17) is 11.6 Å². The Balaban J connectivity index is 0.00000242. The Kier molecular flexibility index (Phi) is 8.62. The molecule has 0 aliphatic rings. The van der Waals surface area contributed by atoms with Crippen LogP contribution in [0.5, 0.6) is 0 Å². The van der Waals surface area contributed by atoms with Crippen LogP contribution in [0, 0.1) is 0 Å². The second-order valence-electron chi connectivity index (χ2n) is 3.98. The number of carboxylic acids is 1. The van der Waals surface area contributed by atoms with E-state index >= 15 is 0 Å². The van der Waals surface area contributed by atoms with E-state index in [1.54, 1.807) is 24.3 Å². The standard InChI is InChI=1S/C14H11ClN2O3S.K/c15-9-3-1-4-10(7-9)17-8-12(18)21-13-11(14(19)20)5-2-6-16-13;/h1-7,17H,8H2,(H,19,20);/q;+1/p-1. The number of carbonyl (C=O) groups is 2. The first-order valence-corrected chi connectivity index (χ1v) is 7.12. The smallest absolute Gasteiger partial charge is 0.545 e. The quantitative estimate of drug-likeness (QED) is 0.534. The summed E-state index contributed by atoms with van der Waals surface area (Å²) in [6, 6.07) is 9.77. The number of hydrogen-bond donors (Lipinski definition) is 1. The largest absolute Gasteiger partial charge is 1.00 e. The summed E-state index contributed by atoms with van der Waals surface area (Å²) in [7, 11) is 0. The zero-order valence-corrected chi connectivity index (χ0v) is 16.4. The third-order valence-corrected chi connectivity index (χ3v) is 3.59. The molecule has 8 heteroatoms. The van der Waals surface area contributed by atoms with E-state index in [0.29, 0.717) is 10.7 Å². The van der Waals surface area contributed by atoms with Crippen LogP contribution in [0.3, 0.4) is 0 Å². The summed E-state index contributed by atoms with van der Waals surface area (Å²) in [6.45, 7) is 0.0219. The van der Waals surface area contributed by atoms with Crippen molar-refractivity contribution < 1.29 is 66.1 Å². The summed E-state index contributed by atoms with van der Waals surface area (Å²) in [6.07, 6.45) is 1.42. The molecule has 1 heterocycles. The number of aromatic carboxylic acids is 1. The predicted molar refractivity (Wildman–Crippen MR) is 79.4 cm³/mol. The molecule has 0 bridgehead atoms. The van der Waals surface area contributed by atoms with Gasteiger partial charge in [-0.25, -0.2) is 4.98 Å². The molecule has 2 aromatic rings. The topological polar surface area (TPSA) is 82.1 Å². The van der Waals surface area contributed by atoms with Crippen molar-refractivity contribution in [3.63, 3.8) is 0 Å². The minimum Gasteiger partial charge on any atom is -0.545 e.